The lowest BCUT2D eigenvalue weighted by Gasteiger charge is -2.44. The minimum atomic E-state index is -1.21. The quantitative estimate of drug-likeness (QED) is 0.162. The van der Waals surface area contributed by atoms with E-state index >= 15 is 0 Å². The van der Waals surface area contributed by atoms with E-state index in [-0.39, 0.29) is 46.2 Å². The van der Waals surface area contributed by atoms with Crippen LogP contribution in [0.2, 0.25) is 0 Å². The molecule has 0 aliphatic carbocycles. The van der Waals surface area contributed by atoms with Gasteiger partial charge in [0.05, 0.1) is 26.4 Å². The van der Waals surface area contributed by atoms with Crippen molar-refractivity contribution in [1.29, 1.82) is 0 Å². The third kappa shape index (κ3) is 13.1. The topological polar surface area (TPSA) is 171 Å². The Morgan fingerprint density at radius 1 is 0.780 bits per heavy atom. The predicted molar refractivity (Wildman–Crippen MR) is 138 cm³/mol. The lowest BCUT2D eigenvalue weighted by atomic mass is 9.96. The molecule has 14 heteroatoms. The van der Waals surface area contributed by atoms with Gasteiger partial charge in [0.2, 0.25) is 5.91 Å². The van der Waals surface area contributed by atoms with Crippen molar-refractivity contribution in [3.8, 4) is 0 Å². The van der Waals surface area contributed by atoms with E-state index < -0.39 is 60.4 Å². The molecule has 2 rings (SSSR count). The molecule has 1 amide bonds. The Morgan fingerprint density at radius 3 is 2.05 bits per heavy atom. The molecule has 0 saturated carbocycles. The normalized spacial score (nSPS) is 21.8. The van der Waals surface area contributed by atoms with Gasteiger partial charge in [0.1, 0.15) is 32.0 Å². The number of carbonyl (C=O) groups excluding carboxylic acids is 5. The Morgan fingerprint density at radius 2 is 1.41 bits per heavy atom. The van der Waals surface area contributed by atoms with Crippen LogP contribution in [0.3, 0.4) is 0 Å². The summed E-state index contributed by atoms with van der Waals surface area (Å²) < 4.78 is 43.3. The predicted octanol–water partition coefficient (Wildman–Crippen LogP) is 0.436. The first kappa shape index (κ1) is 33.6. The van der Waals surface area contributed by atoms with Gasteiger partial charge in [-0.25, -0.2) is 4.79 Å². The third-order valence-corrected chi connectivity index (χ3v) is 5.42. The van der Waals surface area contributed by atoms with Gasteiger partial charge in [-0.3, -0.25) is 19.2 Å². The average molecular weight is 584 g/mol. The maximum absolute atomic E-state index is 11.9. The van der Waals surface area contributed by atoms with Crippen LogP contribution in [0.4, 0.5) is 0 Å². The summed E-state index contributed by atoms with van der Waals surface area (Å²) in [5.41, 5.74) is 0.866. The summed E-state index contributed by atoms with van der Waals surface area (Å²) in [7, 11) is 0. The number of rotatable bonds is 16. The van der Waals surface area contributed by atoms with Crippen LogP contribution < -0.4 is 5.32 Å². The van der Waals surface area contributed by atoms with Gasteiger partial charge in [-0.2, -0.15) is 0 Å². The molecule has 5 atom stereocenters. The van der Waals surface area contributed by atoms with E-state index in [1.54, 1.807) is 0 Å². The summed E-state index contributed by atoms with van der Waals surface area (Å²) in [4.78, 5) is 58.8. The number of amides is 1. The van der Waals surface area contributed by atoms with E-state index in [1.165, 1.54) is 13.8 Å². The highest BCUT2D eigenvalue weighted by atomic mass is 16.7. The van der Waals surface area contributed by atoms with Gasteiger partial charge < -0.3 is 43.2 Å². The number of ether oxygens (including phenoxy) is 8. The van der Waals surface area contributed by atoms with Crippen LogP contribution in [0.25, 0.3) is 0 Å². The largest absolute Gasteiger partial charge is 0.463 e. The molecule has 0 bridgehead atoms. The van der Waals surface area contributed by atoms with Crippen LogP contribution in [0.5, 0.6) is 0 Å². The van der Waals surface area contributed by atoms with Crippen molar-refractivity contribution >= 4 is 29.8 Å². The van der Waals surface area contributed by atoms with Crippen LogP contribution in [0.1, 0.15) is 33.3 Å². The van der Waals surface area contributed by atoms with E-state index in [4.69, 9.17) is 37.9 Å². The highest BCUT2D eigenvalue weighted by molar-refractivity contribution is 5.73. The average Bonchev–Trinajstić information content (AvgIpc) is 2.90. The van der Waals surface area contributed by atoms with Gasteiger partial charge in [0, 0.05) is 27.7 Å². The molecule has 1 aliphatic heterocycles. The monoisotopic (exact) mass is 583 g/mol. The lowest BCUT2D eigenvalue weighted by molar-refractivity contribution is -0.279. The molecule has 1 N–H and O–H groups in total. The number of hydrogen-bond donors (Lipinski definition) is 1. The van der Waals surface area contributed by atoms with Crippen molar-refractivity contribution in [2.24, 2.45) is 0 Å². The van der Waals surface area contributed by atoms with Crippen molar-refractivity contribution < 1.29 is 61.9 Å². The van der Waals surface area contributed by atoms with E-state index in [0.29, 0.717) is 0 Å². The molecule has 41 heavy (non-hydrogen) atoms. The van der Waals surface area contributed by atoms with Crippen molar-refractivity contribution in [3.05, 3.63) is 35.9 Å². The molecular formula is C27H37NO13. The van der Waals surface area contributed by atoms with E-state index in [2.05, 4.69) is 5.32 Å². The molecule has 1 aromatic rings. The molecule has 1 heterocycles. The van der Waals surface area contributed by atoms with Gasteiger partial charge in [0.15, 0.2) is 18.5 Å². The molecule has 0 aromatic heterocycles. The van der Waals surface area contributed by atoms with Crippen molar-refractivity contribution in [2.45, 2.75) is 64.9 Å². The Bertz CT molecular complexity index is 1000. The number of nitrogens with one attached hydrogen (secondary N) is 1. The smallest absolute Gasteiger partial charge is 0.332 e. The van der Waals surface area contributed by atoms with Crippen LogP contribution in [-0.4, -0.2) is 100 Å². The van der Waals surface area contributed by atoms with Gasteiger partial charge in [-0.1, -0.05) is 30.3 Å². The zero-order valence-corrected chi connectivity index (χ0v) is 23.5. The second kappa shape index (κ2) is 18.0. The second-order valence-corrected chi connectivity index (χ2v) is 8.90. The molecular weight excluding hydrogens is 546 g/mol. The Hall–Kier alpha value is -3.59. The molecule has 0 spiro atoms. The highest BCUT2D eigenvalue weighted by Crippen LogP contribution is 2.28. The van der Waals surface area contributed by atoms with Gasteiger partial charge in [-0.15, -0.1) is 0 Å². The van der Waals surface area contributed by atoms with Gasteiger partial charge in [-0.05, 0) is 5.56 Å². The highest BCUT2D eigenvalue weighted by Gasteiger charge is 2.51. The van der Waals surface area contributed by atoms with Crippen molar-refractivity contribution in [2.75, 3.05) is 39.6 Å². The summed E-state index contributed by atoms with van der Waals surface area (Å²) in [5.74, 6) is -3.01. The van der Waals surface area contributed by atoms with E-state index in [9.17, 15) is 24.0 Å². The zero-order chi connectivity index (χ0) is 30.2. The van der Waals surface area contributed by atoms with Gasteiger partial charge in [0.25, 0.3) is 0 Å². The Balaban J connectivity index is 1.86. The zero-order valence-electron chi connectivity index (χ0n) is 23.5. The van der Waals surface area contributed by atoms with Gasteiger partial charge >= 0.3 is 23.9 Å². The summed E-state index contributed by atoms with van der Waals surface area (Å²) in [5, 5.41) is 2.61. The minimum absolute atomic E-state index is 0.0226. The number of esters is 4. The first-order chi connectivity index (χ1) is 19.6. The van der Waals surface area contributed by atoms with E-state index in [0.717, 1.165) is 19.4 Å². The SMILES string of the molecule is CC(=O)N[C@H]1[C@H](OCCOCCOCC(=O)OCc2ccccc2)O[C@H](COC(C)=O)[C@H](OC(C)=O)[C@@H]1OC(C)=O. The molecule has 14 nitrogen and oxygen atoms in total. The molecule has 0 radical (unpaired) electrons. The minimum Gasteiger partial charge on any atom is -0.463 e. The maximum atomic E-state index is 11.9. The number of carbonyl (C=O) groups is 5. The van der Waals surface area contributed by atoms with Crippen LogP contribution >= 0.6 is 0 Å². The fourth-order valence-electron chi connectivity index (χ4n) is 3.81. The first-order valence-electron chi connectivity index (χ1n) is 12.9. The summed E-state index contributed by atoms with van der Waals surface area (Å²) in [6, 6.07) is 8.18. The number of benzene rings is 1. The second-order valence-electron chi connectivity index (χ2n) is 8.90. The van der Waals surface area contributed by atoms with Crippen LogP contribution in [-0.2, 0) is 68.5 Å². The molecule has 0 unspecified atom stereocenters. The third-order valence-electron chi connectivity index (χ3n) is 5.42. The maximum Gasteiger partial charge on any atom is 0.332 e. The summed E-state index contributed by atoms with van der Waals surface area (Å²) in [6.45, 7) is 4.66. The molecule has 1 aromatic carbocycles. The fourth-order valence-corrected chi connectivity index (χ4v) is 3.81. The first-order valence-corrected chi connectivity index (χ1v) is 12.9. The number of hydrogen-bond acceptors (Lipinski definition) is 13. The molecule has 1 fully saturated rings. The summed E-state index contributed by atoms with van der Waals surface area (Å²) in [6.07, 6.45) is -4.68. The van der Waals surface area contributed by atoms with Crippen LogP contribution in [0, 0.1) is 0 Å². The molecule has 1 aliphatic rings. The summed E-state index contributed by atoms with van der Waals surface area (Å²) >= 11 is 0. The lowest BCUT2D eigenvalue weighted by Crippen LogP contribution is -2.66. The van der Waals surface area contributed by atoms with Crippen LogP contribution in [0.15, 0.2) is 30.3 Å². The molecule has 1 saturated heterocycles. The fraction of sp³-hybridized carbons (Fsp3) is 0.593. The Labute approximate surface area is 237 Å². The standard InChI is InChI=1S/C27H37NO13/c1-17(29)28-24-26(40-20(4)32)25(39-19(3)31)22(15-37-18(2)30)41-27(24)36-13-12-34-10-11-35-16-23(33)38-14-21-8-6-5-7-9-21/h5-9,22,24-27H,10-16H2,1-4H3,(H,28,29)/t22-,24-,25+,26-,27-/m1/s1. The molecule has 228 valence electrons. The Kier molecular flexibility index (Phi) is 14.7. The van der Waals surface area contributed by atoms with Crippen molar-refractivity contribution in [3.63, 3.8) is 0 Å². The van der Waals surface area contributed by atoms with E-state index in [1.807, 2.05) is 30.3 Å². The van der Waals surface area contributed by atoms with Crippen molar-refractivity contribution in [1.82, 2.24) is 5.32 Å².